The molecule has 1 rings (SSSR count). The largest absolute Gasteiger partial charge is 0.377 e. The van der Waals surface area contributed by atoms with Crippen molar-refractivity contribution in [3.63, 3.8) is 0 Å². The number of ether oxygens (including phenoxy) is 1. The number of hydrogen-bond donors (Lipinski definition) is 2. The van der Waals surface area contributed by atoms with Crippen LogP contribution in [0.25, 0.3) is 0 Å². The summed E-state index contributed by atoms with van der Waals surface area (Å²) in [5.41, 5.74) is 5.49. The second-order valence-electron chi connectivity index (χ2n) is 3.53. The molecule has 0 aliphatic rings. The Morgan fingerprint density at radius 1 is 1.59 bits per heavy atom. The molecule has 1 heterocycles. The molecule has 0 saturated carbocycles. The van der Waals surface area contributed by atoms with E-state index in [9.17, 15) is 8.42 Å². The Kier molecular flexibility index (Phi) is 5.54. The molecule has 1 aromatic rings. The van der Waals surface area contributed by atoms with E-state index in [0.717, 1.165) is 0 Å². The number of rotatable bonds is 7. The van der Waals surface area contributed by atoms with E-state index in [-0.39, 0.29) is 24.1 Å². The highest BCUT2D eigenvalue weighted by atomic mass is 32.2. The number of nitrogens with two attached hydrogens (primary N) is 1. The standard InChI is InChI=1S/C10H18N2O3S2/c1-3-15-8(2)7-12-17(13,14)10-4-5-16-9(10)6-11/h4-5,8,12H,3,6-7,11H2,1-2H3. The summed E-state index contributed by atoms with van der Waals surface area (Å²) in [5.74, 6) is 0. The second-order valence-corrected chi connectivity index (χ2v) is 6.27. The monoisotopic (exact) mass is 278 g/mol. The molecule has 3 N–H and O–H groups in total. The van der Waals surface area contributed by atoms with Crippen LogP contribution in [0.1, 0.15) is 18.7 Å². The van der Waals surface area contributed by atoms with E-state index in [1.807, 2.05) is 13.8 Å². The maximum Gasteiger partial charge on any atom is 0.241 e. The summed E-state index contributed by atoms with van der Waals surface area (Å²) in [6, 6.07) is 1.57. The summed E-state index contributed by atoms with van der Waals surface area (Å²) in [5, 5.41) is 1.72. The molecule has 0 fully saturated rings. The van der Waals surface area contributed by atoms with E-state index in [1.165, 1.54) is 11.3 Å². The average molecular weight is 278 g/mol. The van der Waals surface area contributed by atoms with Crippen molar-refractivity contribution >= 4 is 21.4 Å². The van der Waals surface area contributed by atoms with E-state index < -0.39 is 10.0 Å². The zero-order valence-electron chi connectivity index (χ0n) is 9.97. The molecule has 1 aromatic heterocycles. The first-order chi connectivity index (χ1) is 8.01. The minimum atomic E-state index is -3.47. The number of nitrogens with one attached hydrogen (secondary N) is 1. The zero-order chi connectivity index (χ0) is 12.9. The molecule has 0 amide bonds. The summed E-state index contributed by atoms with van der Waals surface area (Å²) in [4.78, 5) is 0.940. The van der Waals surface area contributed by atoms with Gasteiger partial charge >= 0.3 is 0 Å². The smallest absolute Gasteiger partial charge is 0.241 e. The van der Waals surface area contributed by atoms with Gasteiger partial charge in [-0.3, -0.25) is 0 Å². The molecule has 0 spiro atoms. The first-order valence-electron chi connectivity index (χ1n) is 5.39. The van der Waals surface area contributed by atoms with Crippen molar-refractivity contribution in [1.29, 1.82) is 0 Å². The number of hydrogen-bond acceptors (Lipinski definition) is 5. The molecule has 0 aromatic carbocycles. The van der Waals surface area contributed by atoms with E-state index >= 15 is 0 Å². The highest BCUT2D eigenvalue weighted by Gasteiger charge is 2.19. The first-order valence-corrected chi connectivity index (χ1v) is 7.75. The van der Waals surface area contributed by atoms with Gasteiger partial charge in [-0.2, -0.15) is 0 Å². The topological polar surface area (TPSA) is 81.4 Å². The van der Waals surface area contributed by atoms with Crippen molar-refractivity contribution in [2.24, 2.45) is 5.73 Å². The molecule has 0 radical (unpaired) electrons. The third-order valence-electron chi connectivity index (χ3n) is 2.19. The number of sulfonamides is 1. The Morgan fingerprint density at radius 3 is 2.88 bits per heavy atom. The van der Waals surface area contributed by atoms with Gasteiger partial charge < -0.3 is 10.5 Å². The molecule has 0 aliphatic carbocycles. The molecule has 1 atom stereocenters. The van der Waals surface area contributed by atoms with Crippen LogP contribution in [0.15, 0.2) is 16.3 Å². The lowest BCUT2D eigenvalue weighted by Crippen LogP contribution is -2.32. The van der Waals surface area contributed by atoms with Crippen LogP contribution in [0, 0.1) is 0 Å². The van der Waals surface area contributed by atoms with Gasteiger partial charge in [0, 0.05) is 24.6 Å². The van der Waals surface area contributed by atoms with Crippen molar-refractivity contribution < 1.29 is 13.2 Å². The van der Waals surface area contributed by atoms with Crippen LogP contribution < -0.4 is 10.5 Å². The Hall–Kier alpha value is -0.470. The Labute approximate surface area is 106 Å². The van der Waals surface area contributed by atoms with Crippen LogP contribution in [0.4, 0.5) is 0 Å². The van der Waals surface area contributed by atoms with Crippen molar-refractivity contribution in [2.45, 2.75) is 31.4 Å². The van der Waals surface area contributed by atoms with Gasteiger partial charge in [0.15, 0.2) is 0 Å². The fourth-order valence-corrected chi connectivity index (χ4v) is 3.81. The van der Waals surface area contributed by atoms with Crippen molar-refractivity contribution in [1.82, 2.24) is 4.72 Å². The van der Waals surface area contributed by atoms with Crippen molar-refractivity contribution in [3.05, 3.63) is 16.3 Å². The molecule has 0 bridgehead atoms. The molecule has 7 heteroatoms. The molecule has 0 saturated heterocycles. The number of thiophene rings is 1. The molecule has 0 aliphatic heterocycles. The van der Waals surface area contributed by atoms with Gasteiger partial charge in [-0.05, 0) is 25.3 Å². The van der Waals surface area contributed by atoms with E-state index in [1.54, 1.807) is 11.4 Å². The van der Waals surface area contributed by atoms with Crippen LogP contribution >= 0.6 is 11.3 Å². The SMILES string of the molecule is CCOC(C)CNS(=O)(=O)c1ccsc1CN. The summed E-state index contributed by atoms with van der Waals surface area (Å²) >= 11 is 1.35. The quantitative estimate of drug-likeness (QED) is 0.777. The van der Waals surface area contributed by atoms with Gasteiger partial charge in [0.05, 0.1) is 11.0 Å². The van der Waals surface area contributed by atoms with E-state index in [4.69, 9.17) is 10.5 Å². The van der Waals surface area contributed by atoms with Gasteiger partial charge in [-0.1, -0.05) is 0 Å². The lowest BCUT2D eigenvalue weighted by Gasteiger charge is -2.13. The van der Waals surface area contributed by atoms with Crippen LogP contribution in [0.3, 0.4) is 0 Å². The molecule has 98 valence electrons. The van der Waals surface area contributed by atoms with E-state index in [0.29, 0.717) is 11.5 Å². The maximum atomic E-state index is 12.0. The summed E-state index contributed by atoms with van der Waals surface area (Å²) in [7, 11) is -3.47. The lowest BCUT2D eigenvalue weighted by molar-refractivity contribution is 0.0799. The van der Waals surface area contributed by atoms with Gasteiger partial charge in [-0.25, -0.2) is 13.1 Å². The normalized spacial score (nSPS) is 13.8. The predicted molar refractivity (Wildman–Crippen MR) is 68.5 cm³/mol. The predicted octanol–water partition coefficient (Wildman–Crippen LogP) is 0.910. The first kappa shape index (κ1) is 14.6. The van der Waals surface area contributed by atoms with Crippen LogP contribution in [-0.2, 0) is 21.3 Å². The average Bonchev–Trinajstić information content (AvgIpc) is 2.76. The van der Waals surface area contributed by atoms with Gasteiger partial charge in [0.1, 0.15) is 0 Å². The maximum absolute atomic E-state index is 12.0. The Morgan fingerprint density at radius 2 is 2.29 bits per heavy atom. The van der Waals surface area contributed by atoms with Gasteiger partial charge in [0.2, 0.25) is 10.0 Å². The molecule has 17 heavy (non-hydrogen) atoms. The molecular weight excluding hydrogens is 260 g/mol. The summed E-state index contributed by atoms with van der Waals surface area (Å²) in [6.45, 7) is 4.75. The zero-order valence-corrected chi connectivity index (χ0v) is 11.6. The van der Waals surface area contributed by atoms with Gasteiger partial charge in [0.25, 0.3) is 0 Å². The minimum Gasteiger partial charge on any atom is -0.377 e. The van der Waals surface area contributed by atoms with Crippen molar-refractivity contribution in [2.75, 3.05) is 13.2 Å². The second kappa shape index (κ2) is 6.46. The fraction of sp³-hybridized carbons (Fsp3) is 0.600. The highest BCUT2D eigenvalue weighted by molar-refractivity contribution is 7.89. The third-order valence-corrected chi connectivity index (χ3v) is 4.77. The van der Waals surface area contributed by atoms with E-state index in [2.05, 4.69) is 4.72 Å². The lowest BCUT2D eigenvalue weighted by atomic mass is 10.4. The van der Waals surface area contributed by atoms with Crippen molar-refractivity contribution in [3.8, 4) is 0 Å². The fourth-order valence-electron chi connectivity index (χ4n) is 1.37. The molecular formula is C10H18N2O3S2. The van der Waals surface area contributed by atoms with Crippen LogP contribution in [-0.4, -0.2) is 27.7 Å². The van der Waals surface area contributed by atoms with Crippen LogP contribution in [0.2, 0.25) is 0 Å². The Balaban J connectivity index is 2.69. The molecule has 1 unspecified atom stereocenters. The summed E-state index contributed by atoms with van der Waals surface area (Å²) in [6.07, 6.45) is -0.144. The van der Waals surface area contributed by atoms with Gasteiger partial charge in [-0.15, -0.1) is 11.3 Å². The highest BCUT2D eigenvalue weighted by Crippen LogP contribution is 2.20. The molecule has 5 nitrogen and oxygen atoms in total. The summed E-state index contributed by atoms with van der Waals surface area (Å²) < 4.78 is 31.7. The van der Waals surface area contributed by atoms with Crippen LogP contribution in [0.5, 0.6) is 0 Å². The third kappa shape index (κ3) is 4.04. The minimum absolute atomic E-state index is 0.144. The Bertz CT molecular complexity index is 442.